The number of hydrogen-bond acceptors (Lipinski definition) is 5. The van der Waals surface area contributed by atoms with Crippen LogP contribution < -0.4 is 5.73 Å². The first-order valence-corrected chi connectivity index (χ1v) is 8.78. The molecule has 0 saturated carbocycles. The molecule has 2 aromatic carbocycles. The molecule has 138 valence electrons. The highest BCUT2D eigenvalue weighted by molar-refractivity contribution is 5.93. The average molecular weight is 377 g/mol. The first kappa shape index (κ1) is 17.8. The summed E-state index contributed by atoms with van der Waals surface area (Å²) in [4.78, 5) is 0. The van der Waals surface area contributed by atoms with Gasteiger partial charge >= 0.3 is 0 Å². The molecule has 0 radical (unpaired) electrons. The molecule has 0 aliphatic heterocycles. The fourth-order valence-corrected chi connectivity index (χ4v) is 3.01. The van der Waals surface area contributed by atoms with Crippen molar-refractivity contribution in [1.29, 1.82) is 10.5 Å². The van der Waals surface area contributed by atoms with Gasteiger partial charge in [-0.05, 0) is 18.2 Å². The van der Waals surface area contributed by atoms with E-state index in [1.165, 1.54) is 0 Å². The number of nitrogens with zero attached hydrogens (tertiary/aromatic N) is 5. The third-order valence-electron chi connectivity index (χ3n) is 4.41. The van der Waals surface area contributed by atoms with Crippen molar-refractivity contribution < 1.29 is 0 Å². The van der Waals surface area contributed by atoms with Crippen LogP contribution in [0, 0.1) is 22.7 Å². The lowest BCUT2D eigenvalue weighted by molar-refractivity contribution is 0.884. The number of aromatic nitrogens is 4. The van der Waals surface area contributed by atoms with E-state index in [9.17, 15) is 10.5 Å². The smallest absolute Gasteiger partial charge is 0.163 e. The molecule has 7 nitrogen and oxygen atoms in total. The Labute approximate surface area is 167 Å². The van der Waals surface area contributed by atoms with E-state index < -0.39 is 0 Å². The first-order valence-electron chi connectivity index (χ1n) is 8.78. The Hall–Kier alpha value is -4.62. The maximum Gasteiger partial charge on any atom is 0.163 e. The predicted molar refractivity (Wildman–Crippen MR) is 110 cm³/mol. The minimum atomic E-state index is 0.0620. The van der Waals surface area contributed by atoms with Crippen LogP contribution in [0.2, 0.25) is 0 Å². The quantitative estimate of drug-likeness (QED) is 0.524. The predicted octanol–water partition coefficient (Wildman–Crippen LogP) is 3.78. The van der Waals surface area contributed by atoms with Crippen molar-refractivity contribution in [1.82, 2.24) is 20.0 Å². The largest absolute Gasteiger partial charge is 0.381 e. The minimum Gasteiger partial charge on any atom is -0.381 e. The zero-order valence-electron chi connectivity index (χ0n) is 15.2. The maximum absolute atomic E-state index is 9.71. The van der Waals surface area contributed by atoms with Gasteiger partial charge in [0.25, 0.3) is 0 Å². The van der Waals surface area contributed by atoms with Crippen molar-refractivity contribution in [2.75, 3.05) is 5.73 Å². The van der Waals surface area contributed by atoms with E-state index in [1.807, 2.05) is 72.9 Å². The number of nitriles is 2. The van der Waals surface area contributed by atoms with Crippen molar-refractivity contribution in [3.05, 3.63) is 83.7 Å². The second-order valence-electron chi connectivity index (χ2n) is 6.22. The van der Waals surface area contributed by atoms with Crippen LogP contribution in [0.15, 0.2) is 66.9 Å². The Bertz CT molecular complexity index is 1270. The molecule has 2 heterocycles. The Balaban J connectivity index is 1.90. The summed E-state index contributed by atoms with van der Waals surface area (Å²) >= 11 is 0. The van der Waals surface area contributed by atoms with Crippen LogP contribution in [0.1, 0.15) is 16.8 Å². The van der Waals surface area contributed by atoms with Gasteiger partial charge in [0.1, 0.15) is 17.7 Å². The topological polar surface area (TPSA) is 120 Å². The highest BCUT2D eigenvalue weighted by Crippen LogP contribution is 2.28. The van der Waals surface area contributed by atoms with Crippen molar-refractivity contribution in [3.8, 4) is 29.1 Å². The molecule has 0 saturated heterocycles. The Morgan fingerprint density at radius 3 is 2.38 bits per heavy atom. The summed E-state index contributed by atoms with van der Waals surface area (Å²) in [6.07, 6.45) is 3.53. The molecule has 0 atom stereocenters. The number of allylic oxidation sites excluding steroid dienone is 1. The summed E-state index contributed by atoms with van der Waals surface area (Å²) < 4.78 is 1.76. The number of nitrogens with two attached hydrogens (primary N) is 1. The van der Waals surface area contributed by atoms with E-state index in [4.69, 9.17) is 10.8 Å². The third-order valence-corrected chi connectivity index (χ3v) is 4.41. The first-order chi connectivity index (χ1) is 14.2. The molecular formula is C22H15N7. The van der Waals surface area contributed by atoms with E-state index in [0.29, 0.717) is 11.4 Å². The van der Waals surface area contributed by atoms with Gasteiger partial charge in [-0.15, -0.1) is 0 Å². The van der Waals surface area contributed by atoms with E-state index in [0.717, 1.165) is 16.8 Å². The highest BCUT2D eigenvalue weighted by atomic mass is 15.3. The molecule has 4 aromatic rings. The van der Waals surface area contributed by atoms with Crippen molar-refractivity contribution >= 4 is 17.5 Å². The zero-order chi connectivity index (χ0) is 20.2. The van der Waals surface area contributed by atoms with Crippen LogP contribution in [-0.4, -0.2) is 20.0 Å². The lowest BCUT2D eigenvalue weighted by Gasteiger charge is -2.00. The number of anilines is 1. The summed E-state index contributed by atoms with van der Waals surface area (Å²) in [7, 11) is 0. The third kappa shape index (κ3) is 3.36. The average Bonchev–Trinajstić information content (AvgIpc) is 3.36. The number of nitrogens with one attached hydrogen (secondary N) is 1. The molecule has 0 unspecified atom stereocenters. The molecule has 3 N–H and O–H groups in total. The van der Waals surface area contributed by atoms with E-state index in [-0.39, 0.29) is 17.0 Å². The van der Waals surface area contributed by atoms with Gasteiger partial charge < -0.3 is 5.73 Å². The van der Waals surface area contributed by atoms with Gasteiger partial charge in [0.2, 0.25) is 0 Å². The normalized spacial score (nSPS) is 11.0. The van der Waals surface area contributed by atoms with Gasteiger partial charge in [0.15, 0.2) is 5.82 Å². The van der Waals surface area contributed by atoms with E-state index in [1.54, 1.807) is 10.8 Å². The maximum atomic E-state index is 9.71. The van der Waals surface area contributed by atoms with E-state index >= 15 is 0 Å². The number of benzene rings is 2. The molecule has 4 rings (SSSR count). The number of hydrogen-bond donors (Lipinski definition) is 2. The van der Waals surface area contributed by atoms with E-state index in [2.05, 4.69) is 16.3 Å². The molecule has 2 aromatic heterocycles. The van der Waals surface area contributed by atoms with Crippen LogP contribution in [0.3, 0.4) is 0 Å². The molecule has 0 spiro atoms. The Kier molecular flexibility index (Phi) is 4.63. The van der Waals surface area contributed by atoms with Crippen LogP contribution in [0.25, 0.3) is 28.6 Å². The molecule has 0 aliphatic carbocycles. The number of H-pyrrole nitrogens is 1. The summed E-state index contributed by atoms with van der Waals surface area (Å²) in [6, 6.07) is 23.5. The van der Waals surface area contributed by atoms with Crippen molar-refractivity contribution in [2.45, 2.75) is 0 Å². The van der Waals surface area contributed by atoms with Gasteiger partial charge in [-0.2, -0.15) is 20.7 Å². The minimum absolute atomic E-state index is 0.0620. The Morgan fingerprint density at radius 2 is 1.72 bits per heavy atom. The summed E-state index contributed by atoms with van der Waals surface area (Å²) in [5, 5.41) is 30.3. The van der Waals surface area contributed by atoms with Gasteiger partial charge in [-0.3, -0.25) is 5.10 Å². The van der Waals surface area contributed by atoms with Crippen LogP contribution >= 0.6 is 0 Å². The van der Waals surface area contributed by atoms with Crippen molar-refractivity contribution in [2.24, 2.45) is 0 Å². The van der Waals surface area contributed by atoms with Crippen LogP contribution in [0.4, 0.5) is 5.82 Å². The number of rotatable bonds is 4. The summed E-state index contributed by atoms with van der Waals surface area (Å²) in [6.45, 7) is 0. The lowest BCUT2D eigenvalue weighted by atomic mass is 10.0. The molecule has 7 heteroatoms. The number of aromatic amines is 1. The monoisotopic (exact) mass is 377 g/mol. The highest BCUT2D eigenvalue weighted by Gasteiger charge is 2.17. The molecular weight excluding hydrogens is 362 g/mol. The molecule has 0 fully saturated rings. The van der Waals surface area contributed by atoms with Gasteiger partial charge in [0.05, 0.1) is 22.6 Å². The molecule has 0 aliphatic rings. The number of nitrogen functional groups attached to an aromatic ring is 1. The zero-order valence-corrected chi connectivity index (χ0v) is 15.2. The van der Waals surface area contributed by atoms with Gasteiger partial charge in [-0.25, -0.2) is 4.68 Å². The lowest BCUT2D eigenvalue weighted by Crippen LogP contribution is -1.93. The molecule has 29 heavy (non-hydrogen) atoms. The van der Waals surface area contributed by atoms with Crippen LogP contribution in [0.5, 0.6) is 0 Å². The number of para-hydroxylation sites is 1. The second-order valence-corrected chi connectivity index (χ2v) is 6.22. The summed E-state index contributed by atoms with van der Waals surface area (Å²) in [5.41, 5.74) is 9.66. The fraction of sp³-hybridized carbons (Fsp3) is 0. The Morgan fingerprint density at radius 1 is 1.03 bits per heavy atom. The SMILES string of the molecule is N#C/C(=C\c1cn(-c2ccccc2)nc1-c1ccccc1)c1[nH]nc(N)c1C#N. The molecule has 0 amide bonds. The fourth-order valence-electron chi connectivity index (χ4n) is 3.01. The second kappa shape index (κ2) is 7.55. The van der Waals surface area contributed by atoms with Crippen LogP contribution in [-0.2, 0) is 0 Å². The van der Waals surface area contributed by atoms with Crippen molar-refractivity contribution in [3.63, 3.8) is 0 Å². The van der Waals surface area contributed by atoms with Gasteiger partial charge in [0, 0.05) is 17.3 Å². The summed E-state index contributed by atoms with van der Waals surface area (Å²) in [5.74, 6) is 0.0620. The van der Waals surface area contributed by atoms with Gasteiger partial charge in [-0.1, -0.05) is 48.5 Å². The molecule has 0 bridgehead atoms. The standard InChI is InChI=1S/C22H15N7/c23-12-16(21-19(13-24)22(25)27-26-21)11-17-14-29(18-9-5-2-6-10-18)28-20(17)15-7-3-1-4-8-15/h1-11,14H,(H3,25,26,27)/b16-11+.